The summed E-state index contributed by atoms with van der Waals surface area (Å²) in [5.41, 5.74) is -1.23. The fraction of sp³-hybridized carbons (Fsp3) is 0. The number of hydrogen-bond donors (Lipinski definition) is 1. The number of aromatic carboxylic acids is 1. The number of ether oxygens (including phenoxy) is 1. The van der Waals surface area contributed by atoms with E-state index < -0.39 is 22.3 Å². The summed E-state index contributed by atoms with van der Waals surface area (Å²) in [6.07, 6.45) is 1.28. The van der Waals surface area contributed by atoms with Crippen molar-refractivity contribution in [1.82, 2.24) is 9.97 Å². The molecule has 9 nitrogen and oxygen atoms in total. The Balaban J connectivity index is 2.40. The van der Waals surface area contributed by atoms with Crippen LogP contribution >= 0.6 is 0 Å². The third-order valence-corrected chi connectivity index (χ3v) is 2.34. The number of carbonyl (C=O) groups is 1. The molecule has 0 amide bonds. The van der Waals surface area contributed by atoms with Gasteiger partial charge in [-0.05, 0) is 12.1 Å². The maximum atomic E-state index is 11.0. The first-order valence-electron chi connectivity index (χ1n) is 5.44. The highest BCUT2D eigenvalue weighted by atomic mass is 16.6. The molecule has 2 aromatic heterocycles. The van der Waals surface area contributed by atoms with Gasteiger partial charge in [0.25, 0.3) is 0 Å². The lowest BCUT2D eigenvalue weighted by Crippen LogP contribution is -2.04. The lowest BCUT2D eigenvalue weighted by molar-refractivity contribution is -0.385. The van der Waals surface area contributed by atoms with Crippen molar-refractivity contribution in [2.75, 3.05) is 0 Å². The van der Waals surface area contributed by atoms with Gasteiger partial charge in [-0.25, -0.2) is 9.78 Å². The molecule has 0 atom stereocenters. The Kier molecular flexibility index (Phi) is 3.71. The number of pyridine rings is 2. The summed E-state index contributed by atoms with van der Waals surface area (Å²) in [4.78, 5) is 28.2. The van der Waals surface area contributed by atoms with Crippen molar-refractivity contribution < 1.29 is 19.6 Å². The third-order valence-electron chi connectivity index (χ3n) is 2.34. The van der Waals surface area contributed by atoms with Gasteiger partial charge in [0.05, 0.1) is 4.92 Å². The van der Waals surface area contributed by atoms with E-state index >= 15 is 0 Å². The summed E-state index contributed by atoms with van der Waals surface area (Å²) in [7, 11) is 0. The second-order valence-electron chi connectivity index (χ2n) is 3.64. The first-order valence-corrected chi connectivity index (χ1v) is 5.44. The van der Waals surface area contributed by atoms with E-state index in [1.807, 2.05) is 0 Å². The zero-order valence-corrected chi connectivity index (χ0v) is 10.3. The topological polar surface area (TPSA) is 139 Å². The number of nitriles is 1. The van der Waals surface area contributed by atoms with Crippen LogP contribution < -0.4 is 4.74 Å². The molecular weight excluding hydrogens is 280 g/mol. The van der Waals surface area contributed by atoms with Crippen molar-refractivity contribution in [3.63, 3.8) is 0 Å². The van der Waals surface area contributed by atoms with Gasteiger partial charge < -0.3 is 9.84 Å². The third kappa shape index (κ3) is 2.90. The molecule has 0 bridgehead atoms. The summed E-state index contributed by atoms with van der Waals surface area (Å²) in [6.45, 7) is 0. The quantitative estimate of drug-likeness (QED) is 0.662. The van der Waals surface area contributed by atoms with Gasteiger partial charge in [-0.1, -0.05) is 0 Å². The first-order chi connectivity index (χ1) is 10.0. The maximum absolute atomic E-state index is 11.0. The van der Waals surface area contributed by atoms with Gasteiger partial charge in [-0.2, -0.15) is 10.2 Å². The molecule has 0 saturated heterocycles. The second-order valence-corrected chi connectivity index (χ2v) is 3.64. The smallest absolute Gasteiger partial charge is 0.358 e. The molecule has 0 fully saturated rings. The zero-order valence-electron chi connectivity index (χ0n) is 10.3. The normalized spacial score (nSPS) is 9.67. The molecule has 21 heavy (non-hydrogen) atoms. The van der Waals surface area contributed by atoms with E-state index in [1.165, 1.54) is 18.3 Å². The predicted octanol–water partition coefficient (Wildman–Crippen LogP) is 1.75. The zero-order chi connectivity index (χ0) is 15.4. The van der Waals surface area contributed by atoms with E-state index in [2.05, 4.69) is 9.97 Å². The van der Waals surface area contributed by atoms with Crippen molar-refractivity contribution in [3.05, 3.63) is 52.0 Å². The number of rotatable bonds is 4. The molecule has 0 aliphatic rings. The minimum Gasteiger partial charge on any atom is -0.476 e. The van der Waals surface area contributed by atoms with Crippen LogP contribution in [0.5, 0.6) is 11.6 Å². The van der Waals surface area contributed by atoms with Crippen molar-refractivity contribution in [1.29, 1.82) is 5.26 Å². The number of nitro groups is 1. The molecule has 0 unspecified atom stereocenters. The summed E-state index contributed by atoms with van der Waals surface area (Å²) in [5, 5.41) is 28.5. The van der Waals surface area contributed by atoms with Gasteiger partial charge in [0.2, 0.25) is 11.6 Å². The van der Waals surface area contributed by atoms with Crippen LogP contribution in [0.1, 0.15) is 16.2 Å². The highest BCUT2D eigenvalue weighted by Gasteiger charge is 2.18. The van der Waals surface area contributed by atoms with Crippen molar-refractivity contribution in [2.45, 2.75) is 0 Å². The minimum atomic E-state index is -1.30. The minimum absolute atomic E-state index is 0.0877. The van der Waals surface area contributed by atoms with E-state index in [0.29, 0.717) is 0 Å². The Morgan fingerprint density at radius 2 is 2.19 bits per heavy atom. The van der Waals surface area contributed by atoms with Gasteiger partial charge >= 0.3 is 11.7 Å². The fourth-order valence-corrected chi connectivity index (χ4v) is 1.47. The predicted molar refractivity (Wildman–Crippen MR) is 66.9 cm³/mol. The van der Waals surface area contributed by atoms with Gasteiger partial charge in [0, 0.05) is 18.3 Å². The van der Waals surface area contributed by atoms with Crippen LogP contribution in [0.3, 0.4) is 0 Å². The standard InChI is InChI=1S/C12H6N4O5/c13-6-7-8(16(19)20)3-4-10(15-7)21-9-2-1-5-14-11(9)12(17)18/h1-5H,(H,17,18). The van der Waals surface area contributed by atoms with Crippen LogP contribution in [0.4, 0.5) is 5.69 Å². The SMILES string of the molecule is N#Cc1nc(Oc2cccnc2C(=O)O)ccc1[N+](=O)[O-]. The summed E-state index contributed by atoms with van der Waals surface area (Å²) in [5.74, 6) is -1.53. The average Bonchev–Trinajstić information content (AvgIpc) is 2.47. The van der Waals surface area contributed by atoms with Crippen molar-refractivity contribution in [3.8, 4) is 17.7 Å². The molecule has 0 spiro atoms. The highest BCUT2D eigenvalue weighted by molar-refractivity contribution is 5.88. The molecule has 0 radical (unpaired) electrons. The molecule has 2 heterocycles. The molecular formula is C12H6N4O5. The van der Waals surface area contributed by atoms with E-state index in [4.69, 9.17) is 15.1 Å². The van der Waals surface area contributed by atoms with Crippen molar-refractivity contribution >= 4 is 11.7 Å². The van der Waals surface area contributed by atoms with E-state index in [9.17, 15) is 14.9 Å². The Morgan fingerprint density at radius 3 is 2.81 bits per heavy atom. The highest BCUT2D eigenvalue weighted by Crippen LogP contribution is 2.25. The van der Waals surface area contributed by atoms with E-state index in [1.54, 1.807) is 6.07 Å². The lowest BCUT2D eigenvalue weighted by atomic mass is 10.3. The molecule has 1 N–H and O–H groups in total. The van der Waals surface area contributed by atoms with Gasteiger partial charge in [-0.15, -0.1) is 0 Å². The first kappa shape index (κ1) is 13.9. The van der Waals surface area contributed by atoms with Crippen LogP contribution in [-0.2, 0) is 0 Å². The molecule has 0 saturated carbocycles. The average molecular weight is 286 g/mol. The molecule has 2 rings (SSSR count). The number of nitrogens with zero attached hydrogens (tertiary/aromatic N) is 4. The Labute approximate surface area is 117 Å². The summed E-state index contributed by atoms with van der Waals surface area (Å²) >= 11 is 0. The molecule has 104 valence electrons. The molecule has 0 aliphatic carbocycles. The number of aromatic nitrogens is 2. The van der Waals surface area contributed by atoms with Gasteiger partial charge in [0.1, 0.15) is 6.07 Å². The molecule has 9 heteroatoms. The molecule has 0 aromatic carbocycles. The Bertz CT molecular complexity index is 768. The second kappa shape index (κ2) is 5.62. The maximum Gasteiger partial charge on any atom is 0.358 e. The van der Waals surface area contributed by atoms with Crippen molar-refractivity contribution in [2.24, 2.45) is 0 Å². The van der Waals surface area contributed by atoms with Crippen LogP contribution in [0, 0.1) is 21.4 Å². The fourth-order valence-electron chi connectivity index (χ4n) is 1.47. The van der Waals surface area contributed by atoms with Gasteiger partial charge in [-0.3, -0.25) is 10.1 Å². The lowest BCUT2D eigenvalue weighted by Gasteiger charge is -2.06. The molecule has 0 aliphatic heterocycles. The van der Waals surface area contributed by atoms with E-state index in [-0.39, 0.29) is 17.3 Å². The monoisotopic (exact) mass is 286 g/mol. The number of carboxylic acids is 1. The van der Waals surface area contributed by atoms with Crippen LogP contribution in [0.15, 0.2) is 30.5 Å². The number of hydrogen-bond acceptors (Lipinski definition) is 7. The largest absolute Gasteiger partial charge is 0.476 e. The Hall–Kier alpha value is -3.54. The Morgan fingerprint density at radius 1 is 1.43 bits per heavy atom. The van der Waals surface area contributed by atoms with Crippen LogP contribution in [0.2, 0.25) is 0 Å². The molecule has 2 aromatic rings. The van der Waals surface area contributed by atoms with E-state index in [0.717, 1.165) is 12.1 Å². The van der Waals surface area contributed by atoms with Gasteiger partial charge in [0.15, 0.2) is 11.4 Å². The van der Waals surface area contributed by atoms with Crippen LogP contribution in [-0.4, -0.2) is 26.0 Å². The summed E-state index contributed by atoms with van der Waals surface area (Å²) in [6, 6.07) is 6.60. The number of carboxylic acid groups (broad SMARTS) is 1. The van der Waals surface area contributed by atoms with Crippen LogP contribution in [0.25, 0.3) is 0 Å². The summed E-state index contributed by atoms with van der Waals surface area (Å²) < 4.78 is 5.22.